The molecule has 3 heteroatoms. The molecule has 0 radical (unpaired) electrons. The van der Waals surface area contributed by atoms with Gasteiger partial charge in [0.05, 0.1) is 0 Å². The quantitative estimate of drug-likeness (QED) is 0.616. The Morgan fingerprint density at radius 1 is 1.78 bits per heavy atom. The second kappa shape index (κ2) is 4.44. The highest BCUT2D eigenvalue weighted by Crippen LogP contribution is 2.12. The van der Waals surface area contributed by atoms with Crippen LogP contribution in [-0.2, 0) is 4.79 Å². The molecule has 0 fully saturated rings. The Bertz CT molecular complexity index is 129. The van der Waals surface area contributed by atoms with E-state index in [0.717, 1.165) is 10.7 Å². The van der Waals surface area contributed by atoms with Gasteiger partial charge in [0.2, 0.25) is 0 Å². The summed E-state index contributed by atoms with van der Waals surface area (Å²) >= 11 is 1.54. The standard InChI is InChI=1S/C6H10O2S/c1-3-9-5(2)4-6(7)8/h4H,3H2,1-2H3,(H,7,8)/b5-4+. The number of allylic oxidation sites excluding steroid dienone is 1. The van der Waals surface area contributed by atoms with Gasteiger partial charge in [0, 0.05) is 6.08 Å². The molecular formula is C6H10O2S. The molecule has 0 atom stereocenters. The molecule has 0 aliphatic carbocycles. The number of hydrogen-bond acceptors (Lipinski definition) is 2. The van der Waals surface area contributed by atoms with Gasteiger partial charge in [-0.05, 0) is 17.6 Å². The predicted octanol–water partition coefficient (Wildman–Crippen LogP) is 1.73. The Morgan fingerprint density at radius 2 is 2.33 bits per heavy atom. The Kier molecular flexibility index (Phi) is 4.22. The van der Waals surface area contributed by atoms with Crippen molar-refractivity contribution in [1.82, 2.24) is 0 Å². The molecule has 0 heterocycles. The lowest BCUT2D eigenvalue weighted by molar-refractivity contribution is -0.131. The fourth-order valence-electron chi connectivity index (χ4n) is 0.443. The first-order valence-electron chi connectivity index (χ1n) is 2.70. The van der Waals surface area contributed by atoms with Crippen LogP contribution in [-0.4, -0.2) is 16.8 Å². The summed E-state index contributed by atoms with van der Waals surface area (Å²) in [6.07, 6.45) is 1.22. The topological polar surface area (TPSA) is 37.3 Å². The number of carboxylic acid groups (broad SMARTS) is 1. The first kappa shape index (κ1) is 8.56. The van der Waals surface area contributed by atoms with Crippen molar-refractivity contribution in [2.75, 3.05) is 5.75 Å². The van der Waals surface area contributed by atoms with E-state index in [0.29, 0.717) is 0 Å². The van der Waals surface area contributed by atoms with E-state index in [1.165, 1.54) is 17.8 Å². The van der Waals surface area contributed by atoms with Crippen LogP contribution < -0.4 is 0 Å². The smallest absolute Gasteiger partial charge is 0.329 e. The summed E-state index contributed by atoms with van der Waals surface area (Å²) in [4.78, 5) is 10.8. The highest BCUT2D eigenvalue weighted by atomic mass is 32.2. The van der Waals surface area contributed by atoms with Crippen LogP contribution in [0.1, 0.15) is 13.8 Å². The van der Waals surface area contributed by atoms with Crippen molar-refractivity contribution < 1.29 is 9.90 Å². The zero-order chi connectivity index (χ0) is 7.28. The summed E-state index contributed by atoms with van der Waals surface area (Å²) in [6.45, 7) is 3.78. The first-order chi connectivity index (χ1) is 4.16. The minimum absolute atomic E-state index is 0.852. The number of carboxylic acids is 1. The summed E-state index contributed by atoms with van der Waals surface area (Å²) in [5.41, 5.74) is 0. The maximum Gasteiger partial charge on any atom is 0.329 e. The lowest BCUT2D eigenvalue weighted by Gasteiger charge is -1.92. The molecule has 9 heavy (non-hydrogen) atoms. The fourth-order valence-corrected chi connectivity index (χ4v) is 1.08. The SMILES string of the molecule is CCS/C(C)=C/C(=O)O. The maximum absolute atomic E-state index is 9.99. The molecule has 52 valence electrons. The second-order valence-corrected chi connectivity index (χ2v) is 3.04. The van der Waals surface area contributed by atoms with Crippen LogP contribution in [0, 0.1) is 0 Å². The van der Waals surface area contributed by atoms with Crippen molar-refractivity contribution in [1.29, 1.82) is 0 Å². The molecule has 1 N–H and O–H groups in total. The average molecular weight is 146 g/mol. The van der Waals surface area contributed by atoms with Crippen molar-refractivity contribution in [3.8, 4) is 0 Å². The summed E-state index contributed by atoms with van der Waals surface area (Å²) in [6, 6.07) is 0. The molecule has 0 aromatic rings. The van der Waals surface area contributed by atoms with Gasteiger partial charge in [-0.2, -0.15) is 0 Å². The van der Waals surface area contributed by atoms with Gasteiger partial charge in [0.25, 0.3) is 0 Å². The Balaban J connectivity index is 3.69. The molecule has 0 rings (SSSR count). The van der Waals surface area contributed by atoms with Crippen LogP contribution >= 0.6 is 11.8 Å². The normalized spacial score (nSPS) is 11.6. The molecule has 0 aliphatic heterocycles. The molecule has 0 unspecified atom stereocenters. The van der Waals surface area contributed by atoms with Crippen molar-refractivity contribution >= 4 is 17.7 Å². The van der Waals surface area contributed by atoms with Gasteiger partial charge < -0.3 is 5.11 Å². The van der Waals surface area contributed by atoms with Crippen molar-refractivity contribution in [2.45, 2.75) is 13.8 Å². The third-order valence-electron chi connectivity index (χ3n) is 0.699. The van der Waals surface area contributed by atoms with E-state index in [1.807, 2.05) is 6.92 Å². The van der Waals surface area contributed by atoms with Gasteiger partial charge in [0.15, 0.2) is 0 Å². The zero-order valence-electron chi connectivity index (χ0n) is 5.55. The molecule has 0 aliphatic rings. The molecular weight excluding hydrogens is 136 g/mol. The Labute approximate surface area is 59.0 Å². The van der Waals surface area contributed by atoms with E-state index in [1.54, 1.807) is 6.92 Å². The van der Waals surface area contributed by atoms with E-state index >= 15 is 0 Å². The van der Waals surface area contributed by atoms with Gasteiger partial charge in [-0.15, -0.1) is 11.8 Å². The summed E-state index contributed by atoms with van der Waals surface area (Å²) in [5.74, 6) is 0.0590. The number of rotatable bonds is 3. The number of carbonyl (C=O) groups is 1. The van der Waals surface area contributed by atoms with Crippen molar-refractivity contribution in [3.05, 3.63) is 11.0 Å². The van der Waals surface area contributed by atoms with Gasteiger partial charge in [-0.3, -0.25) is 0 Å². The summed E-state index contributed by atoms with van der Waals surface area (Å²) in [5, 5.41) is 8.22. The van der Waals surface area contributed by atoms with Gasteiger partial charge in [-0.25, -0.2) is 4.79 Å². The molecule has 0 aromatic carbocycles. The molecule has 0 bridgehead atoms. The van der Waals surface area contributed by atoms with Crippen LogP contribution in [0.2, 0.25) is 0 Å². The number of aliphatic carboxylic acids is 1. The van der Waals surface area contributed by atoms with Gasteiger partial charge >= 0.3 is 5.97 Å². The van der Waals surface area contributed by atoms with Crippen molar-refractivity contribution in [3.63, 3.8) is 0 Å². The minimum atomic E-state index is -0.867. The van der Waals surface area contributed by atoms with Gasteiger partial charge in [0.1, 0.15) is 0 Å². The molecule has 0 spiro atoms. The molecule has 0 amide bonds. The first-order valence-corrected chi connectivity index (χ1v) is 3.69. The fraction of sp³-hybridized carbons (Fsp3) is 0.500. The van der Waals surface area contributed by atoms with Crippen LogP contribution in [0.4, 0.5) is 0 Å². The third-order valence-corrected chi connectivity index (χ3v) is 1.56. The Hall–Kier alpha value is -0.440. The molecule has 0 aromatic heterocycles. The maximum atomic E-state index is 9.99. The summed E-state index contributed by atoms with van der Waals surface area (Å²) in [7, 11) is 0. The van der Waals surface area contributed by atoms with E-state index in [9.17, 15) is 4.79 Å². The van der Waals surface area contributed by atoms with E-state index < -0.39 is 5.97 Å². The van der Waals surface area contributed by atoms with Crippen LogP contribution in [0.5, 0.6) is 0 Å². The monoisotopic (exact) mass is 146 g/mol. The lowest BCUT2D eigenvalue weighted by atomic mass is 10.5. The van der Waals surface area contributed by atoms with Crippen LogP contribution in [0.15, 0.2) is 11.0 Å². The largest absolute Gasteiger partial charge is 0.478 e. The third kappa shape index (κ3) is 5.43. The minimum Gasteiger partial charge on any atom is -0.478 e. The van der Waals surface area contributed by atoms with E-state index in [-0.39, 0.29) is 0 Å². The average Bonchev–Trinajstić information content (AvgIpc) is 1.63. The highest BCUT2D eigenvalue weighted by Gasteiger charge is 1.91. The number of thioether (sulfide) groups is 1. The number of hydrogen-bond donors (Lipinski definition) is 1. The predicted molar refractivity (Wildman–Crippen MR) is 39.5 cm³/mol. The lowest BCUT2D eigenvalue weighted by Crippen LogP contribution is -1.87. The molecule has 0 saturated heterocycles. The van der Waals surface area contributed by atoms with Gasteiger partial charge in [-0.1, -0.05) is 6.92 Å². The van der Waals surface area contributed by atoms with Crippen molar-refractivity contribution in [2.24, 2.45) is 0 Å². The Morgan fingerprint density at radius 3 is 2.67 bits per heavy atom. The second-order valence-electron chi connectivity index (χ2n) is 1.53. The molecule has 2 nitrogen and oxygen atoms in total. The van der Waals surface area contributed by atoms with Crippen LogP contribution in [0.25, 0.3) is 0 Å². The highest BCUT2D eigenvalue weighted by molar-refractivity contribution is 8.03. The molecule has 0 saturated carbocycles. The van der Waals surface area contributed by atoms with E-state index in [2.05, 4.69) is 0 Å². The zero-order valence-corrected chi connectivity index (χ0v) is 6.36. The van der Waals surface area contributed by atoms with E-state index in [4.69, 9.17) is 5.11 Å². The summed E-state index contributed by atoms with van der Waals surface area (Å²) < 4.78 is 0. The van der Waals surface area contributed by atoms with Crippen LogP contribution in [0.3, 0.4) is 0 Å².